The highest BCUT2D eigenvalue weighted by Gasteiger charge is 2.29. The van der Waals surface area contributed by atoms with Gasteiger partial charge >= 0.3 is 0 Å². The largest absolute Gasteiger partial charge is 0.350 e. The average molecular weight is 277 g/mol. The van der Waals surface area contributed by atoms with Crippen molar-refractivity contribution in [3.05, 3.63) is 24.0 Å². The lowest BCUT2D eigenvalue weighted by atomic mass is 9.80. The second kappa shape index (κ2) is 6.19. The number of anilines is 1. The number of carbonyl (C=O) groups is 1. The van der Waals surface area contributed by atoms with E-state index in [1.54, 1.807) is 18.3 Å². The number of amides is 1. The van der Waals surface area contributed by atoms with Crippen molar-refractivity contribution in [3.8, 4) is 0 Å². The molecular weight excluding hydrogens is 254 g/mol. The maximum absolute atomic E-state index is 12.1. The predicted octanol–water partition coefficient (Wildman–Crippen LogP) is 0.829. The van der Waals surface area contributed by atoms with E-state index < -0.39 is 0 Å². The monoisotopic (exact) mass is 277 g/mol. The summed E-state index contributed by atoms with van der Waals surface area (Å²) in [6, 6.07) is 3.40. The number of aromatic nitrogens is 1. The molecule has 0 aliphatic carbocycles. The van der Waals surface area contributed by atoms with Gasteiger partial charge < -0.3 is 15.6 Å². The average Bonchev–Trinajstić information content (AvgIpc) is 2.48. The van der Waals surface area contributed by atoms with Crippen LogP contribution in [-0.2, 0) is 0 Å². The van der Waals surface area contributed by atoms with Crippen LogP contribution in [0.3, 0.4) is 0 Å². The number of nitrogen functional groups attached to an aromatic ring is 1. The van der Waals surface area contributed by atoms with Crippen molar-refractivity contribution < 1.29 is 4.79 Å². The molecule has 6 heteroatoms. The van der Waals surface area contributed by atoms with E-state index in [0.717, 1.165) is 25.9 Å². The first-order chi connectivity index (χ1) is 9.52. The topological polar surface area (TPSA) is 83.3 Å². The van der Waals surface area contributed by atoms with Crippen LogP contribution in [0.15, 0.2) is 18.3 Å². The zero-order valence-corrected chi connectivity index (χ0v) is 12.1. The van der Waals surface area contributed by atoms with Crippen molar-refractivity contribution in [3.63, 3.8) is 0 Å². The van der Waals surface area contributed by atoms with E-state index in [2.05, 4.69) is 34.6 Å². The second-order valence-corrected chi connectivity index (χ2v) is 5.87. The Bertz CT molecular complexity index is 451. The van der Waals surface area contributed by atoms with E-state index in [0.29, 0.717) is 17.9 Å². The molecule has 2 heterocycles. The lowest BCUT2D eigenvalue weighted by molar-refractivity contribution is 0.0887. The molecule has 6 nitrogen and oxygen atoms in total. The maximum atomic E-state index is 12.1. The van der Waals surface area contributed by atoms with Crippen LogP contribution in [-0.4, -0.2) is 42.5 Å². The van der Waals surface area contributed by atoms with Gasteiger partial charge in [-0.05, 0) is 50.5 Å². The van der Waals surface area contributed by atoms with Crippen molar-refractivity contribution in [1.82, 2.24) is 15.2 Å². The standard InChI is InChI=1S/C14H23N5O/c1-14(5-7-19(2)8-6-14)10-17-13(20)12-4-3-11(18-15)9-16-12/h3-4,9,18H,5-8,10,15H2,1-2H3,(H,17,20). The van der Waals surface area contributed by atoms with Gasteiger partial charge in [0.2, 0.25) is 0 Å². The number of hydrazine groups is 1. The van der Waals surface area contributed by atoms with Gasteiger partial charge in [0.15, 0.2) is 0 Å². The van der Waals surface area contributed by atoms with Crippen LogP contribution in [0.4, 0.5) is 5.69 Å². The van der Waals surface area contributed by atoms with Crippen LogP contribution in [0, 0.1) is 5.41 Å². The first kappa shape index (κ1) is 14.7. The van der Waals surface area contributed by atoms with Gasteiger partial charge in [-0.25, -0.2) is 4.98 Å². The Morgan fingerprint density at radius 1 is 1.45 bits per heavy atom. The zero-order valence-electron chi connectivity index (χ0n) is 12.1. The number of hydrogen-bond acceptors (Lipinski definition) is 5. The van der Waals surface area contributed by atoms with Crippen LogP contribution >= 0.6 is 0 Å². The quantitative estimate of drug-likeness (QED) is 0.561. The molecule has 0 atom stereocenters. The summed E-state index contributed by atoms with van der Waals surface area (Å²) in [6.07, 6.45) is 3.76. The van der Waals surface area contributed by atoms with E-state index in [-0.39, 0.29) is 11.3 Å². The molecular formula is C14H23N5O. The van der Waals surface area contributed by atoms with Crippen LogP contribution in [0.2, 0.25) is 0 Å². The van der Waals surface area contributed by atoms with E-state index in [9.17, 15) is 4.79 Å². The number of likely N-dealkylation sites (tertiary alicyclic amines) is 1. The van der Waals surface area contributed by atoms with Gasteiger partial charge in [-0.2, -0.15) is 0 Å². The van der Waals surface area contributed by atoms with Crippen LogP contribution in [0.5, 0.6) is 0 Å². The van der Waals surface area contributed by atoms with Crippen LogP contribution in [0.25, 0.3) is 0 Å². The fourth-order valence-corrected chi connectivity index (χ4v) is 2.33. The number of piperidine rings is 1. The summed E-state index contributed by atoms with van der Waals surface area (Å²) in [6.45, 7) is 5.09. The molecule has 2 rings (SSSR count). The normalized spacial score (nSPS) is 18.6. The van der Waals surface area contributed by atoms with E-state index in [1.165, 1.54) is 0 Å². The fraction of sp³-hybridized carbons (Fsp3) is 0.571. The van der Waals surface area contributed by atoms with Crippen LogP contribution in [0.1, 0.15) is 30.3 Å². The summed E-state index contributed by atoms with van der Waals surface area (Å²) in [4.78, 5) is 18.5. The number of carbonyl (C=O) groups excluding carboxylic acids is 1. The molecule has 0 unspecified atom stereocenters. The molecule has 110 valence electrons. The second-order valence-electron chi connectivity index (χ2n) is 5.87. The van der Waals surface area contributed by atoms with Crippen molar-refractivity contribution in [2.75, 3.05) is 32.1 Å². The van der Waals surface area contributed by atoms with E-state index in [1.807, 2.05) is 0 Å². The number of rotatable bonds is 4. The van der Waals surface area contributed by atoms with Crippen molar-refractivity contribution in [2.45, 2.75) is 19.8 Å². The van der Waals surface area contributed by atoms with Gasteiger partial charge in [0, 0.05) is 6.54 Å². The number of nitrogens with one attached hydrogen (secondary N) is 2. The van der Waals surface area contributed by atoms with Gasteiger partial charge in [-0.3, -0.25) is 10.6 Å². The summed E-state index contributed by atoms with van der Waals surface area (Å²) in [7, 11) is 2.13. The number of hydrogen-bond donors (Lipinski definition) is 3. The minimum Gasteiger partial charge on any atom is -0.350 e. The Hall–Kier alpha value is -1.66. The number of nitrogens with two attached hydrogens (primary N) is 1. The molecule has 0 saturated carbocycles. The van der Waals surface area contributed by atoms with Crippen molar-refractivity contribution in [1.29, 1.82) is 0 Å². The Labute approximate surface area is 119 Å². The first-order valence-corrected chi connectivity index (χ1v) is 6.92. The highest BCUT2D eigenvalue weighted by Crippen LogP contribution is 2.29. The molecule has 20 heavy (non-hydrogen) atoms. The summed E-state index contributed by atoms with van der Waals surface area (Å²) >= 11 is 0. The molecule has 1 saturated heterocycles. The van der Waals surface area contributed by atoms with E-state index >= 15 is 0 Å². The Balaban J connectivity index is 1.88. The lowest BCUT2D eigenvalue weighted by Gasteiger charge is -2.37. The summed E-state index contributed by atoms with van der Waals surface area (Å²) in [5.41, 5.74) is 3.77. The maximum Gasteiger partial charge on any atom is 0.269 e. The molecule has 1 aliphatic rings. The molecule has 1 aromatic rings. The Kier molecular flexibility index (Phi) is 4.57. The molecule has 0 radical (unpaired) electrons. The highest BCUT2D eigenvalue weighted by atomic mass is 16.1. The summed E-state index contributed by atoms with van der Waals surface area (Å²) < 4.78 is 0. The molecule has 0 aromatic carbocycles. The van der Waals surface area contributed by atoms with Crippen molar-refractivity contribution in [2.24, 2.45) is 11.3 Å². The highest BCUT2D eigenvalue weighted by molar-refractivity contribution is 5.92. The van der Waals surface area contributed by atoms with Gasteiger partial charge in [0.25, 0.3) is 5.91 Å². The van der Waals surface area contributed by atoms with Gasteiger partial charge in [-0.1, -0.05) is 6.92 Å². The third-order valence-electron chi connectivity index (χ3n) is 4.03. The first-order valence-electron chi connectivity index (χ1n) is 6.92. The molecule has 1 fully saturated rings. The molecule has 1 amide bonds. The number of pyridine rings is 1. The van der Waals surface area contributed by atoms with Crippen LogP contribution < -0.4 is 16.6 Å². The minimum absolute atomic E-state index is 0.131. The summed E-state index contributed by atoms with van der Waals surface area (Å²) in [5.74, 6) is 5.14. The molecule has 0 bridgehead atoms. The lowest BCUT2D eigenvalue weighted by Crippen LogP contribution is -2.43. The van der Waals surface area contributed by atoms with Crippen molar-refractivity contribution >= 4 is 11.6 Å². The van der Waals surface area contributed by atoms with Gasteiger partial charge in [0.1, 0.15) is 5.69 Å². The molecule has 1 aromatic heterocycles. The zero-order chi connectivity index (χ0) is 14.6. The smallest absolute Gasteiger partial charge is 0.269 e. The minimum atomic E-state index is -0.131. The SMILES string of the molecule is CN1CCC(C)(CNC(=O)c2ccc(NN)cn2)CC1. The molecule has 1 aliphatic heterocycles. The van der Waals surface area contributed by atoms with Gasteiger partial charge in [-0.15, -0.1) is 0 Å². The number of nitrogens with zero attached hydrogens (tertiary/aromatic N) is 2. The molecule has 4 N–H and O–H groups in total. The predicted molar refractivity (Wildman–Crippen MR) is 79.2 cm³/mol. The van der Waals surface area contributed by atoms with Gasteiger partial charge in [0.05, 0.1) is 11.9 Å². The third kappa shape index (κ3) is 3.68. The Morgan fingerprint density at radius 2 is 2.15 bits per heavy atom. The third-order valence-corrected chi connectivity index (χ3v) is 4.03. The summed E-state index contributed by atoms with van der Waals surface area (Å²) in [5, 5.41) is 2.99. The fourth-order valence-electron chi connectivity index (χ4n) is 2.33. The Morgan fingerprint density at radius 3 is 2.70 bits per heavy atom. The molecule has 0 spiro atoms. The van der Waals surface area contributed by atoms with E-state index in [4.69, 9.17) is 5.84 Å².